The number of carbonyl (C=O) groups is 1. The molecule has 0 unspecified atom stereocenters. The third-order valence-corrected chi connectivity index (χ3v) is 4.39. The van der Waals surface area contributed by atoms with Crippen LogP contribution in [0.15, 0.2) is 24.3 Å². The molecule has 1 amide bonds. The fourth-order valence-electron chi connectivity index (χ4n) is 2.81. The average molecular weight is 360 g/mol. The lowest BCUT2D eigenvalue weighted by atomic mass is 9.96. The number of anilines is 1. The van der Waals surface area contributed by atoms with E-state index in [1.807, 2.05) is 12.1 Å². The summed E-state index contributed by atoms with van der Waals surface area (Å²) in [7, 11) is 0. The lowest BCUT2D eigenvalue weighted by Crippen LogP contribution is -2.38. The van der Waals surface area contributed by atoms with E-state index in [4.69, 9.17) is 11.6 Å². The van der Waals surface area contributed by atoms with Crippen LogP contribution in [0.1, 0.15) is 26.2 Å². The van der Waals surface area contributed by atoms with Crippen molar-refractivity contribution in [3.05, 3.63) is 29.3 Å². The van der Waals surface area contributed by atoms with Gasteiger partial charge in [0.1, 0.15) is 0 Å². The summed E-state index contributed by atoms with van der Waals surface area (Å²) in [5.41, 5.74) is 0.766. The Morgan fingerprint density at radius 1 is 1.35 bits per heavy atom. The molecule has 4 nitrogen and oxygen atoms in total. The fraction of sp³-hybridized carbons (Fsp3) is 0.588. The van der Waals surface area contributed by atoms with Crippen molar-refractivity contribution < 1.29 is 4.79 Å². The molecule has 0 aromatic heterocycles. The van der Waals surface area contributed by atoms with Crippen LogP contribution in [-0.2, 0) is 4.79 Å². The van der Waals surface area contributed by atoms with E-state index in [1.54, 1.807) is 12.1 Å². The van der Waals surface area contributed by atoms with Gasteiger partial charge in [-0.1, -0.05) is 24.6 Å². The number of nitrogens with one attached hydrogen (secondary N) is 2. The quantitative estimate of drug-likeness (QED) is 0.783. The number of halogens is 2. The van der Waals surface area contributed by atoms with Crippen LogP contribution in [0.5, 0.6) is 0 Å². The Balaban J connectivity index is 0.00000264. The van der Waals surface area contributed by atoms with E-state index in [1.165, 1.54) is 12.8 Å². The highest BCUT2D eigenvalue weighted by Crippen LogP contribution is 2.17. The van der Waals surface area contributed by atoms with Crippen molar-refractivity contribution in [2.45, 2.75) is 26.2 Å². The summed E-state index contributed by atoms with van der Waals surface area (Å²) in [6.07, 6.45) is 2.98. The van der Waals surface area contributed by atoms with Crippen LogP contribution in [0.25, 0.3) is 0 Å². The number of hydrogen-bond acceptors (Lipinski definition) is 3. The lowest BCUT2D eigenvalue weighted by molar-refractivity contribution is -0.116. The fourth-order valence-corrected chi connectivity index (χ4v) is 3.00. The Labute approximate surface area is 150 Å². The molecule has 6 heteroatoms. The van der Waals surface area contributed by atoms with Gasteiger partial charge in [0.05, 0.1) is 0 Å². The van der Waals surface area contributed by atoms with Gasteiger partial charge in [0.15, 0.2) is 0 Å². The second-order valence-corrected chi connectivity index (χ2v) is 6.34. The van der Waals surface area contributed by atoms with Crippen molar-refractivity contribution >= 4 is 35.6 Å². The monoisotopic (exact) mass is 359 g/mol. The average Bonchev–Trinajstić information content (AvgIpc) is 2.52. The third kappa shape index (κ3) is 7.53. The predicted molar refractivity (Wildman–Crippen MR) is 99.7 cm³/mol. The van der Waals surface area contributed by atoms with Gasteiger partial charge in [0.2, 0.25) is 5.91 Å². The molecule has 130 valence electrons. The Bertz CT molecular complexity index is 477. The number of rotatable bonds is 7. The molecule has 2 N–H and O–H groups in total. The lowest BCUT2D eigenvalue weighted by Gasteiger charge is -2.31. The van der Waals surface area contributed by atoms with E-state index in [9.17, 15) is 4.79 Å². The number of likely N-dealkylation sites (tertiary alicyclic amines) is 1. The molecule has 1 aliphatic heterocycles. The summed E-state index contributed by atoms with van der Waals surface area (Å²) in [6.45, 7) is 7.35. The van der Waals surface area contributed by atoms with Crippen LogP contribution < -0.4 is 10.6 Å². The summed E-state index contributed by atoms with van der Waals surface area (Å²) < 4.78 is 0. The second kappa shape index (κ2) is 10.9. The SMILES string of the molecule is CCNCC1CCN(CCC(=O)Nc2cccc(Cl)c2)CC1.Cl. The highest BCUT2D eigenvalue weighted by atomic mass is 35.5. The molecule has 1 aliphatic rings. The normalized spacial score (nSPS) is 15.9. The van der Waals surface area contributed by atoms with Crippen molar-refractivity contribution in [2.24, 2.45) is 5.92 Å². The van der Waals surface area contributed by atoms with Crippen molar-refractivity contribution in [3.8, 4) is 0 Å². The maximum atomic E-state index is 12.0. The summed E-state index contributed by atoms with van der Waals surface area (Å²) >= 11 is 5.91. The molecule has 23 heavy (non-hydrogen) atoms. The van der Waals surface area contributed by atoms with Gasteiger partial charge in [0.25, 0.3) is 0 Å². The molecule has 0 radical (unpaired) electrons. The summed E-state index contributed by atoms with van der Waals surface area (Å²) in [5.74, 6) is 0.841. The van der Waals surface area contributed by atoms with E-state index in [0.29, 0.717) is 11.4 Å². The smallest absolute Gasteiger partial charge is 0.225 e. The van der Waals surface area contributed by atoms with Gasteiger partial charge in [-0.3, -0.25) is 4.79 Å². The Morgan fingerprint density at radius 2 is 2.09 bits per heavy atom. The van der Waals surface area contributed by atoms with E-state index >= 15 is 0 Å². The number of piperidine rings is 1. The third-order valence-electron chi connectivity index (χ3n) is 4.15. The van der Waals surface area contributed by atoms with Crippen LogP contribution in [0, 0.1) is 5.92 Å². The van der Waals surface area contributed by atoms with Gasteiger partial charge in [-0.2, -0.15) is 0 Å². The molecule has 0 bridgehead atoms. The Hall–Kier alpha value is -0.810. The van der Waals surface area contributed by atoms with E-state index < -0.39 is 0 Å². The molecular weight excluding hydrogens is 333 g/mol. The van der Waals surface area contributed by atoms with Crippen molar-refractivity contribution in [3.63, 3.8) is 0 Å². The number of nitrogens with zero attached hydrogens (tertiary/aromatic N) is 1. The molecule has 0 atom stereocenters. The predicted octanol–water partition coefficient (Wildman–Crippen LogP) is 3.41. The van der Waals surface area contributed by atoms with E-state index in [2.05, 4.69) is 22.5 Å². The molecular formula is C17H27Cl2N3O. The topological polar surface area (TPSA) is 44.4 Å². The van der Waals surface area contributed by atoms with E-state index in [0.717, 1.165) is 44.3 Å². The molecule has 1 heterocycles. The molecule has 0 saturated carbocycles. The zero-order valence-electron chi connectivity index (χ0n) is 13.7. The van der Waals surface area contributed by atoms with Gasteiger partial charge in [-0.05, 0) is 63.1 Å². The number of amides is 1. The minimum absolute atomic E-state index is 0. The maximum Gasteiger partial charge on any atom is 0.225 e. The molecule has 0 spiro atoms. The van der Waals surface area contributed by atoms with Crippen molar-refractivity contribution in [1.82, 2.24) is 10.2 Å². The maximum absolute atomic E-state index is 12.0. The standard InChI is InChI=1S/C17H26ClN3O.ClH/c1-2-19-13-14-6-9-21(10-7-14)11-8-17(22)20-16-5-3-4-15(18)12-16;/h3-5,12,14,19H,2,6-11,13H2,1H3,(H,20,22);1H. The van der Waals surface area contributed by atoms with E-state index in [-0.39, 0.29) is 18.3 Å². The van der Waals surface area contributed by atoms with Crippen LogP contribution in [0.3, 0.4) is 0 Å². The minimum Gasteiger partial charge on any atom is -0.326 e. The van der Waals surface area contributed by atoms with Gasteiger partial charge >= 0.3 is 0 Å². The summed E-state index contributed by atoms with van der Waals surface area (Å²) in [5, 5.41) is 6.96. The first-order chi connectivity index (χ1) is 10.7. The van der Waals surface area contributed by atoms with Crippen LogP contribution >= 0.6 is 24.0 Å². The zero-order valence-corrected chi connectivity index (χ0v) is 15.3. The molecule has 2 rings (SSSR count). The zero-order chi connectivity index (χ0) is 15.8. The number of benzene rings is 1. The van der Waals surface area contributed by atoms with Gasteiger partial charge in [0, 0.05) is 23.7 Å². The van der Waals surface area contributed by atoms with Crippen LogP contribution in [0.2, 0.25) is 5.02 Å². The summed E-state index contributed by atoms with van der Waals surface area (Å²) in [6, 6.07) is 7.27. The second-order valence-electron chi connectivity index (χ2n) is 5.90. The summed E-state index contributed by atoms with van der Waals surface area (Å²) in [4.78, 5) is 14.4. The first-order valence-electron chi connectivity index (χ1n) is 8.16. The van der Waals surface area contributed by atoms with Gasteiger partial charge in [-0.15, -0.1) is 12.4 Å². The van der Waals surface area contributed by atoms with Gasteiger partial charge in [-0.25, -0.2) is 0 Å². The van der Waals surface area contributed by atoms with Crippen molar-refractivity contribution in [1.29, 1.82) is 0 Å². The van der Waals surface area contributed by atoms with Crippen LogP contribution in [-0.4, -0.2) is 43.5 Å². The Kier molecular flexibility index (Phi) is 9.56. The molecule has 1 fully saturated rings. The number of hydrogen-bond donors (Lipinski definition) is 2. The van der Waals surface area contributed by atoms with Crippen molar-refractivity contribution in [2.75, 3.05) is 38.0 Å². The Morgan fingerprint density at radius 3 is 2.74 bits per heavy atom. The highest BCUT2D eigenvalue weighted by Gasteiger charge is 2.19. The first-order valence-corrected chi connectivity index (χ1v) is 8.53. The van der Waals surface area contributed by atoms with Gasteiger partial charge < -0.3 is 15.5 Å². The first kappa shape index (κ1) is 20.2. The van der Waals surface area contributed by atoms with Crippen LogP contribution in [0.4, 0.5) is 5.69 Å². The molecule has 1 aromatic rings. The molecule has 0 aliphatic carbocycles. The molecule has 1 aromatic carbocycles. The highest BCUT2D eigenvalue weighted by molar-refractivity contribution is 6.30. The largest absolute Gasteiger partial charge is 0.326 e. The number of carbonyl (C=O) groups excluding carboxylic acids is 1. The minimum atomic E-state index is 0. The molecule has 1 saturated heterocycles.